The summed E-state index contributed by atoms with van der Waals surface area (Å²) in [7, 11) is 1.90. The molecule has 0 saturated heterocycles. The fraction of sp³-hybridized carbons (Fsp3) is 0.364. The third kappa shape index (κ3) is 3.58. The number of carboxylic acids is 1. The molecule has 0 heterocycles. The van der Waals surface area contributed by atoms with Gasteiger partial charge in [0.2, 0.25) is 0 Å². The van der Waals surface area contributed by atoms with Crippen molar-refractivity contribution in [1.82, 2.24) is 5.32 Å². The van der Waals surface area contributed by atoms with Crippen molar-refractivity contribution in [2.75, 3.05) is 7.05 Å². The van der Waals surface area contributed by atoms with Crippen LogP contribution in [-0.4, -0.2) is 18.1 Å². The summed E-state index contributed by atoms with van der Waals surface area (Å²) in [6.45, 7) is 0.846. The smallest absolute Gasteiger partial charge is 0.303 e. The summed E-state index contributed by atoms with van der Waals surface area (Å²) in [6.07, 6.45) is 0.806. The molecule has 0 radical (unpaired) electrons. The number of carboxylic acid groups (broad SMARTS) is 1. The van der Waals surface area contributed by atoms with E-state index in [9.17, 15) is 4.79 Å². The molecule has 76 valence electrons. The predicted molar refractivity (Wildman–Crippen MR) is 55.2 cm³/mol. The van der Waals surface area contributed by atoms with Crippen LogP contribution in [0.25, 0.3) is 0 Å². The van der Waals surface area contributed by atoms with Crippen molar-refractivity contribution >= 4 is 5.97 Å². The Morgan fingerprint density at radius 1 is 1.29 bits per heavy atom. The van der Waals surface area contributed by atoms with Gasteiger partial charge in [-0.05, 0) is 24.6 Å². The summed E-state index contributed by atoms with van der Waals surface area (Å²) >= 11 is 0. The van der Waals surface area contributed by atoms with Crippen LogP contribution < -0.4 is 5.32 Å². The highest BCUT2D eigenvalue weighted by Crippen LogP contribution is 2.06. The standard InChI is InChI=1S/C11H15NO2/c1-12-8-10-4-2-9(3-5-10)6-7-11(13)14/h2-5,12H,6-8H2,1H3,(H,13,14). The quantitative estimate of drug-likeness (QED) is 0.743. The van der Waals surface area contributed by atoms with Crippen LogP contribution in [0.15, 0.2) is 24.3 Å². The fourth-order valence-corrected chi connectivity index (χ4v) is 1.28. The third-order valence-corrected chi connectivity index (χ3v) is 2.03. The molecule has 0 unspecified atom stereocenters. The van der Waals surface area contributed by atoms with E-state index in [0.29, 0.717) is 6.42 Å². The number of benzene rings is 1. The van der Waals surface area contributed by atoms with Gasteiger partial charge < -0.3 is 10.4 Å². The molecule has 14 heavy (non-hydrogen) atoms. The van der Waals surface area contributed by atoms with Crippen LogP contribution in [0.3, 0.4) is 0 Å². The van der Waals surface area contributed by atoms with Crippen LogP contribution in [0.2, 0.25) is 0 Å². The molecule has 0 aliphatic carbocycles. The van der Waals surface area contributed by atoms with Crippen LogP contribution in [0, 0.1) is 0 Å². The first-order chi connectivity index (χ1) is 6.72. The molecule has 0 amide bonds. The first-order valence-electron chi connectivity index (χ1n) is 4.66. The van der Waals surface area contributed by atoms with Gasteiger partial charge >= 0.3 is 5.97 Å². The number of rotatable bonds is 5. The second-order valence-corrected chi connectivity index (χ2v) is 3.24. The van der Waals surface area contributed by atoms with Crippen molar-refractivity contribution in [2.45, 2.75) is 19.4 Å². The summed E-state index contributed by atoms with van der Waals surface area (Å²) in [4.78, 5) is 10.3. The van der Waals surface area contributed by atoms with E-state index < -0.39 is 5.97 Å². The van der Waals surface area contributed by atoms with Crippen molar-refractivity contribution in [3.63, 3.8) is 0 Å². The molecule has 0 spiro atoms. The van der Waals surface area contributed by atoms with Crippen LogP contribution in [0.4, 0.5) is 0 Å². The minimum Gasteiger partial charge on any atom is -0.481 e. The lowest BCUT2D eigenvalue weighted by Gasteiger charge is -2.02. The lowest BCUT2D eigenvalue weighted by molar-refractivity contribution is -0.136. The maximum atomic E-state index is 10.3. The normalized spacial score (nSPS) is 10.1. The molecule has 0 bridgehead atoms. The van der Waals surface area contributed by atoms with Gasteiger partial charge in [-0.1, -0.05) is 24.3 Å². The Morgan fingerprint density at radius 2 is 1.86 bits per heavy atom. The highest BCUT2D eigenvalue weighted by molar-refractivity contribution is 5.67. The van der Waals surface area contributed by atoms with Crippen LogP contribution in [-0.2, 0) is 17.8 Å². The molecule has 1 aromatic carbocycles. The van der Waals surface area contributed by atoms with E-state index in [1.54, 1.807) is 0 Å². The van der Waals surface area contributed by atoms with Crippen molar-refractivity contribution < 1.29 is 9.90 Å². The Kier molecular flexibility index (Phi) is 4.13. The van der Waals surface area contributed by atoms with Crippen molar-refractivity contribution in [3.8, 4) is 0 Å². The van der Waals surface area contributed by atoms with Crippen molar-refractivity contribution in [2.24, 2.45) is 0 Å². The molecule has 1 aromatic rings. The van der Waals surface area contributed by atoms with E-state index in [0.717, 1.165) is 12.1 Å². The first kappa shape index (κ1) is 10.7. The molecule has 0 aliphatic heterocycles. The first-order valence-corrected chi connectivity index (χ1v) is 4.66. The zero-order valence-corrected chi connectivity index (χ0v) is 8.29. The number of hydrogen-bond donors (Lipinski definition) is 2. The molecule has 0 aromatic heterocycles. The van der Waals surface area contributed by atoms with E-state index >= 15 is 0 Å². The second-order valence-electron chi connectivity index (χ2n) is 3.24. The molecular formula is C11H15NO2. The number of aryl methyl sites for hydroxylation is 1. The van der Waals surface area contributed by atoms with Gasteiger partial charge in [0.05, 0.1) is 0 Å². The van der Waals surface area contributed by atoms with Gasteiger partial charge in [-0.2, -0.15) is 0 Å². The predicted octanol–water partition coefficient (Wildman–Crippen LogP) is 1.42. The Hall–Kier alpha value is -1.35. The Labute approximate surface area is 83.8 Å². The molecule has 0 atom stereocenters. The largest absolute Gasteiger partial charge is 0.481 e. The minimum absolute atomic E-state index is 0.200. The van der Waals surface area contributed by atoms with Crippen LogP contribution in [0.5, 0.6) is 0 Å². The molecule has 3 heteroatoms. The fourth-order valence-electron chi connectivity index (χ4n) is 1.28. The molecule has 0 fully saturated rings. The molecule has 0 saturated carbocycles. The lowest BCUT2D eigenvalue weighted by atomic mass is 10.1. The average molecular weight is 193 g/mol. The summed E-state index contributed by atoms with van der Waals surface area (Å²) in [5.74, 6) is -0.746. The van der Waals surface area contributed by atoms with E-state index in [4.69, 9.17) is 5.11 Å². The lowest BCUT2D eigenvalue weighted by Crippen LogP contribution is -2.04. The summed E-state index contributed by atoms with van der Waals surface area (Å²) < 4.78 is 0. The van der Waals surface area contributed by atoms with Crippen LogP contribution in [0.1, 0.15) is 17.5 Å². The number of aliphatic carboxylic acids is 1. The van der Waals surface area contributed by atoms with E-state index in [-0.39, 0.29) is 6.42 Å². The summed E-state index contributed by atoms with van der Waals surface area (Å²) in [6, 6.07) is 8.01. The Morgan fingerprint density at radius 3 is 2.36 bits per heavy atom. The average Bonchev–Trinajstić information content (AvgIpc) is 2.17. The summed E-state index contributed by atoms with van der Waals surface area (Å²) in [5.41, 5.74) is 2.29. The van der Waals surface area contributed by atoms with Gasteiger partial charge in [0, 0.05) is 13.0 Å². The Balaban J connectivity index is 2.50. The van der Waals surface area contributed by atoms with Gasteiger partial charge in [-0.3, -0.25) is 4.79 Å². The second kappa shape index (κ2) is 5.40. The number of carbonyl (C=O) groups is 1. The minimum atomic E-state index is -0.746. The molecule has 3 nitrogen and oxygen atoms in total. The van der Waals surface area contributed by atoms with Gasteiger partial charge in [-0.25, -0.2) is 0 Å². The monoisotopic (exact) mass is 193 g/mol. The molecule has 1 rings (SSSR count). The van der Waals surface area contributed by atoms with E-state index in [1.807, 2.05) is 31.3 Å². The maximum Gasteiger partial charge on any atom is 0.303 e. The van der Waals surface area contributed by atoms with Gasteiger partial charge in [0.15, 0.2) is 0 Å². The van der Waals surface area contributed by atoms with E-state index in [2.05, 4.69) is 5.32 Å². The molecular weight excluding hydrogens is 178 g/mol. The van der Waals surface area contributed by atoms with E-state index in [1.165, 1.54) is 5.56 Å². The zero-order chi connectivity index (χ0) is 10.4. The van der Waals surface area contributed by atoms with Gasteiger partial charge in [-0.15, -0.1) is 0 Å². The Bertz CT molecular complexity index is 293. The van der Waals surface area contributed by atoms with Crippen LogP contribution >= 0.6 is 0 Å². The maximum absolute atomic E-state index is 10.3. The topological polar surface area (TPSA) is 49.3 Å². The molecule has 0 aliphatic rings. The number of hydrogen-bond acceptors (Lipinski definition) is 2. The SMILES string of the molecule is CNCc1ccc(CCC(=O)O)cc1. The highest BCUT2D eigenvalue weighted by Gasteiger charge is 1.98. The van der Waals surface area contributed by atoms with Crippen molar-refractivity contribution in [1.29, 1.82) is 0 Å². The van der Waals surface area contributed by atoms with Gasteiger partial charge in [0.1, 0.15) is 0 Å². The highest BCUT2D eigenvalue weighted by atomic mass is 16.4. The molecule has 2 N–H and O–H groups in total. The summed E-state index contributed by atoms with van der Waals surface area (Å²) in [5, 5.41) is 11.6. The van der Waals surface area contributed by atoms with Gasteiger partial charge in [0.25, 0.3) is 0 Å². The number of nitrogens with one attached hydrogen (secondary N) is 1. The zero-order valence-electron chi connectivity index (χ0n) is 8.29. The third-order valence-electron chi connectivity index (χ3n) is 2.03. The van der Waals surface area contributed by atoms with Crippen molar-refractivity contribution in [3.05, 3.63) is 35.4 Å².